The summed E-state index contributed by atoms with van der Waals surface area (Å²) >= 11 is 0. The van der Waals surface area contributed by atoms with Crippen LogP contribution in [-0.4, -0.2) is 55.4 Å². The highest BCUT2D eigenvalue weighted by atomic mass is 16.5. The summed E-state index contributed by atoms with van der Waals surface area (Å²) in [5.41, 5.74) is 0.595. The number of amides is 1. The zero-order chi connectivity index (χ0) is 12.8. The molecule has 5 nitrogen and oxygen atoms in total. The molecule has 1 amide bonds. The summed E-state index contributed by atoms with van der Waals surface area (Å²) in [5, 5.41) is 8.60. The maximum atomic E-state index is 12.2. The van der Waals surface area contributed by atoms with E-state index in [0.29, 0.717) is 44.2 Å². The number of para-hydroxylation sites is 1. The molecule has 1 aromatic rings. The average Bonchev–Trinajstić information content (AvgIpc) is 2.56. The largest absolute Gasteiger partial charge is 0.491 e. The van der Waals surface area contributed by atoms with E-state index < -0.39 is 0 Å². The monoisotopic (exact) mass is 251 g/mol. The first kappa shape index (κ1) is 12.9. The Morgan fingerprint density at radius 3 is 3.00 bits per heavy atom. The molecule has 0 saturated carbocycles. The minimum atomic E-state index is -0.0318. The van der Waals surface area contributed by atoms with Crippen LogP contribution in [0.25, 0.3) is 0 Å². The summed E-state index contributed by atoms with van der Waals surface area (Å²) in [7, 11) is 0. The van der Waals surface area contributed by atoms with Gasteiger partial charge in [-0.25, -0.2) is 0 Å². The molecule has 0 unspecified atom stereocenters. The lowest BCUT2D eigenvalue weighted by Gasteiger charge is -2.19. The zero-order valence-corrected chi connectivity index (χ0v) is 10.2. The standard InChI is InChI=1S/C13H17NO4/c15-7-10-17-8-5-14-6-9-18-12-4-2-1-3-11(12)13(14)16/h1-4,15H,5-10H2. The number of nitrogens with zero attached hydrogens (tertiary/aromatic N) is 1. The van der Waals surface area contributed by atoms with Gasteiger partial charge in [-0.15, -0.1) is 0 Å². The van der Waals surface area contributed by atoms with Crippen molar-refractivity contribution in [1.29, 1.82) is 0 Å². The highest BCUT2D eigenvalue weighted by Gasteiger charge is 2.22. The second-order valence-corrected chi connectivity index (χ2v) is 3.97. The Morgan fingerprint density at radius 2 is 2.17 bits per heavy atom. The number of fused-ring (bicyclic) bond motifs is 1. The van der Waals surface area contributed by atoms with Crippen LogP contribution in [-0.2, 0) is 4.74 Å². The number of rotatable bonds is 5. The van der Waals surface area contributed by atoms with Crippen molar-refractivity contribution in [2.45, 2.75) is 0 Å². The van der Waals surface area contributed by atoms with Crippen LogP contribution in [0.5, 0.6) is 5.75 Å². The van der Waals surface area contributed by atoms with Crippen LogP contribution in [0.1, 0.15) is 10.4 Å². The van der Waals surface area contributed by atoms with Crippen molar-refractivity contribution in [1.82, 2.24) is 4.90 Å². The lowest BCUT2D eigenvalue weighted by atomic mass is 10.2. The van der Waals surface area contributed by atoms with Gasteiger partial charge < -0.3 is 19.5 Å². The first-order valence-corrected chi connectivity index (χ1v) is 6.02. The number of ether oxygens (including phenoxy) is 2. The van der Waals surface area contributed by atoms with Gasteiger partial charge in [-0.05, 0) is 12.1 Å². The molecular weight excluding hydrogens is 234 g/mol. The van der Waals surface area contributed by atoms with Crippen molar-refractivity contribution in [2.24, 2.45) is 0 Å². The van der Waals surface area contributed by atoms with E-state index in [1.165, 1.54) is 0 Å². The van der Waals surface area contributed by atoms with Crippen LogP contribution < -0.4 is 4.74 Å². The highest BCUT2D eigenvalue weighted by molar-refractivity contribution is 5.97. The first-order valence-electron chi connectivity index (χ1n) is 6.02. The second kappa shape index (κ2) is 6.37. The minimum Gasteiger partial charge on any atom is -0.491 e. The van der Waals surface area contributed by atoms with Gasteiger partial charge in [0.25, 0.3) is 5.91 Å². The Kier molecular flexibility index (Phi) is 4.55. The molecule has 2 rings (SSSR count). The predicted octanol–water partition coefficient (Wildman–Crippen LogP) is 0.530. The molecule has 0 spiro atoms. The van der Waals surface area contributed by atoms with Gasteiger partial charge in [-0.2, -0.15) is 0 Å². The number of benzene rings is 1. The fourth-order valence-electron chi connectivity index (χ4n) is 1.86. The van der Waals surface area contributed by atoms with Crippen LogP contribution in [0, 0.1) is 0 Å². The molecule has 18 heavy (non-hydrogen) atoms. The molecule has 5 heteroatoms. The van der Waals surface area contributed by atoms with E-state index in [2.05, 4.69) is 0 Å². The van der Waals surface area contributed by atoms with Crippen LogP contribution in [0.2, 0.25) is 0 Å². The fraction of sp³-hybridized carbons (Fsp3) is 0.462. The number of hydrogen-bond acceptors (Lipinski definition) is 4. The molecule has 0 bridgehead atoms. The van der Waals surface area contributed by atoms with E-state index in [9.17, 15) is 4.79 Å². The first-order chi connectivity index (χ1) is 8.83. The third-order valence-electron chi connectivity index (χ3n) is 2.76. The molecule has 1 heterocycles. The van der Waals surface area contributed by atoms with Crippen LogP contribution >= 0.6 is 0 Å². The highest BCUT2D eigenvalue weighted by Crippen LogP contribution is 2.22. The molecule has 0 saturated heterocycles. The summed E-state index contributed by atoms with van der Waals surface area (Å²) in [6.45, 7) is 2.28. The molecule has 0 aliphatic carbocycles. The SMILES string of the molecule is O=C1c2ccccc2OCCN1CCOCCO. The van der Waals surface area contributed by atoms with E-state index in [0.717, 1.165) is 0 Å². The number of carbonyl (C=O) groups is 1. The van der Waals surface area contributed by atoms with Gasteiger partial charge in [0.05, 0.1) is 31.9 Å². The Labute approximate surface area is 106 Å². The van der Waals surface area contributed by atoms with E-state index in [4.69, 9.17) is 14.6 Å². The van der Waals surface area contributed by atoms with Crippen molar-refractivity contribution >= 4 is 5.91 Å². The van der Waals surface area contributed by atoms with Crippen LogP contribution in [0.15, 0.2) is 24.3 Å². The predicted molar refractivity (Wildman–Crippen MR) is 65.7 cm³/mol. The Morgan fingerprint density at radius 1 is 1.33 bits per heavy atom. The summed E-state index contributed by atoms with van der Waals surface area (Å²) < 4.78 is 10.7. The summed E-state index contributed by atoms with van der Waals surface area (Å²) in [6, 6.07) is 7.25. The quantitative estimate of drug-likeness (QED) is 0.776. The molecule has 1 aromatic carbocycles. The third kappa shape index (κ3) is 3.00. The number of aliphatic hydroxyl groups excluding tert-OH is 1. The van der Waals surface area contributed by atoms with Gasteiger partial charge in [-0.3, -0.25) is 4.79 Å². The number of hydrogen-bond donors (Lipinski definition) is 1. The topological polar surface area (TPSA) is 59.0 Å². The van der Waals surface area contributed by atoms with Crippen molar-refractivity contribution < 1.29 is 19.4 Å². The molecule has 1 aliphatic heterocycles. The van der Waals surface area contributed by atoms with Crippen molar-refractivity contribution in [3.63, 3.8) is 0 Å². The molecule has 1 aliphatic rings. The molecule has 0 atom stereocenters. The normalized spacial score (nSPS) is 14.9. The maximum absolute atomic E-state index is 12.2. The molecular formula is C13H17NO4. The second-order valence-electron chi connectivity index (χ2n) is 3.97. The number of carbonyl (C=O) groups excluding carboxylic acids is 1. The van der Waals surface area contributed by atoms with Gasteiger partial charge in [0, 0.05) is 6.54 Å². The van der Waals surface area contributed by atoms with Gasteiger partial charge in [0.15, 0.2) is 0 Å². The lowest BCUT2D eigenvalue weighted by molar-refractivity contribution is 0.0563. The maximum Gasteiger partial charge on any atom is 0.257 e. The fourth-order valence-corrected chi connectivity index (χ4v) is 1.86. The van der Waals surface area contributed by atoms with E-state index in [1.54, 1.807) is 17.0 Å². The molecule has 0 radical (unpaired) electrons. The van der Waals surface area contributed by atoms with E-state index in [1.807, 2.05) is 12.1 Å². The van der Waals surface area contributed by atoms with Crippen LogP contribution in [0.3, 0.4) is 0 Å². The summed E-state index contributed by atoms with van der Waals surface area (Å²) in [6.07, 6.45) is 0. The van der Waals surface area contributed by atoms with E-state index in [-0.39, 0.29) is 12.5 Å². The molecule has 98 valence electrons. The Bertz CT molecular complexity index is 408. The molecule has 1 N–H and O–H groups in total. The van der Waals surface area contributed by atoms with E-state index >= 15 is 0 Å². The van der Waals surface area contributed by atoms with Crippen LogP contribution in [0.4, 0.5) is 0 Å². The molecule has 0 fully saturated rings. The van der Waals surface area contributed by atoms with Crippen molar-refractivity contribution in [3.8, 4) is 5.75 Å². The van der Waals surface area contributed by atoms with Crippen molar-refractivity contribution in [2.75, 3.05) is 39.5 Å². The number of aliphatic hydroxyl groups is 1. The van der Waals surface area contributed by atoms with Gasteiger partial charge in [-0.1, -0.05) is 12.1 Å². The molecule has 0 aromatic heterocycles. The minimum absolute atomic E-state index is 0.000108. The van der Waals surface area contributed by atoms with Crippen molar-refractivity contribution in [3.05, 3.63) is 29.8 Å². The Balaban J connectivity index is 1.99. The smallest absolute Gasteiger partial charge is 0.257 e. The van der Waals surface area contributed by atoms with Gasteiger partial charge >= 0.3 is 0 Å². The Hall–Kier alpha value is -1.59. The van der Waals surface area contributed by atoms with Gasteiger partial charge in [0.1, 0.15) is 12.4 Å². The zero-order valence-electron chi connectivity index (χ0n) is 10.2. The lowest BCUT2D eigenvalue weighted by Crippen LogP contribution is -2.35. The van der Waals surface area contributed by atoms with Gasteiger partial charge in [0.2, 0.25) is 0 Å². The summed E-state index contributed by atoms with van der Waals surface area (Å²) in [4.78, 5) is 14.0. The summed E-state index contributed by atoms with van der Waals surface area (Å²) in [5.74, 6) is 0.608. The average molecular weight is 251 g/mol. The third-order valence-corrected chi connectivity index (χ3v) is 2.76.